The first-order chi connectivity index (χ1) is 11.8. The molecule has 0 amide bonds. The quantitative estimate of drug-likeness (QED) is 0.921. The van der Waals surface area contributed by atoms with Gasteiger partial charge in [0.05, 0.1) is 0 Å². The number of hydrogen-bond acceptors (Lipinski definition) is 6. The molecule has 0 unspecified atom stereocenters. The van der Waals surface area contributed by atoms with E-state index in [0.29, 0.717) is 11.0 Å². The van der Waals surface area contributed by atoms with Crippen LogP contribution in [0, 0.1) is 5.92 Å². The lowest BCUT2D eigenvalue weighted by Crippen LogP contribution is -2.41. The Labute approximate surface area is 145 Å². The number of likely N-dealkylation sites (tertiary alicyclic amines) is 1. The highest BCUT2D eigenvalue weighted by Gasteiger charge is 2.23. The molecule has 3 heterocycles. The van der Waals surface area contributed by atoms with Crippen molar-refractivity contribution in [2.45, 2.75) is 51.0 Å². The molecule has 1 saturated heterocycles. The second kappa shape index (κ2) is 7.19. The van der Waals surface area contributed by atoms with Crippen LogP contribution in [0.4, 0.5) is 5.13 Å². The summed E-state index contributed by atoms with van der Waals surface area (Å²) in [6.07, 6.45) is 11.0. The van der Waals surface area contributed by atoms with Gasteiger partial charge < -0.3 is 10.2 Å². The first-order valence-corrected chi connectivity index (χ1v) is 9.93. The van der Waals surface area contributed by atoms with Crippen molar-refractivity contribution >= 4 is 21.4 Å². The monoisotopic (exact) mass is 347 g/mol. The maximum absolute atomic E-state index is 11.7. The van der Waals surface area contributed by atoms with E-state index in [-0.39, 0.29) is 5.56 Å². The van der Waals surface area contributed by atoms with E-state index in [4.69, 9.17) is 0 Å². The molecule has 2 aromatic heterocycles. The van der Waals surface area contributed by atoms with Gasteiger partial charge in [-0.05, 0) is 31.6 Å². The number of nitrogens with zero attached hydrogens (tertiary/aromatic N) is 4. The number of hydrogen-bond donors (Lipinski definition) is 1. The highest BCUT2D eigenvalue weighted by molar-refractivity contribution is 7.20. The van der Waals surface area contributed by atoms with Crippen molar-refractivity contribution in [1.29, 1.82) is 0 Å². The lowest BCUT2D eigenvalue weighted by atomic mass is 9.88. The molecule has 0 bridgehead atoms. The molecule has 24 heavy (non-hydrogen) atoms. The van der Waals surface area contributed by atoms with Crippen molar-refractivity contribution in [2.24, 2.45) is 5.92 Å². The fraction of sp³-hybridized carbons (Fsp3) is 0.706. The van der Waals surface area contributed by atoms with Crippen LogP contribution in [-0.2, 0) is 0 Å². The third-order valence-corrected chi connectivity index (χ3v) is 6.18. The van der Waals surface area contributed by atoms with Crippen LogP contribution in [0.15, 0.2) is 17.1 Å². The van der Waals surface area contributed by atoms with Crippen LogP contribution in [0.3, 0.4) is 0 Å². The Morgan fingerprint density at radius 3 is 2.71 bits per heavy atom. The second-order valence-electron chi connectivity index (χ2n) is 7.11. The zero-order chi connectivity index (χ0) is 16.4. The van der Waals surface area contributed by atoms with Crippen LogP contribution in [0.1, 0.15) is 44.9 Å². The molecule has 0 aromatic carbocycles. The average molecular weight is 347 g/mol. The fourth-order valence-electron chi connectivity index (χ4n) is 3.97. The van der Waals surface area contributed by atoms with E-state index in [2.05, 4.69) is 20.3 Å². The summed E-state index contributed by atoms with van der Waals surface area (Å²) in [4.78, 5) is 19.2. The van der Waals surface area contributed by atoms with Crippen molar-refractivity contribution in [2.75, 3.05) is 25.0 Å². The summed E-state index contributed by atoms with van der Waals surface area (Å²) < 4.78 is 1.38. The summed E-state index contributed by atoms with van der Waals surface area (Å²) in [6, 6.07) is 1.89. The summed E-state index contributed by atoms with van der Waals surface area (Å²) in [5.41, 5.74) is -0.119. The number of piperidine rings is 1. The Balaban J connectivity index is 1.30. The molecule has 0 atom stereocenters. The molecule has 1 aliphatic carbocycles. The Morgan fingerprint density at radius 1 is 1.17 bits per heavy atom. The Bertz CT molecular complexity index is 728. The average Bonchev–Trinajstić information content (AvgIpc) is 3.02. The molecule has 0 spiro atoms. The summed E-state index contributed by atoms with van der Waals surface area (Å²) in [5, 5.41) is 8.66. The van der Waals surface area contributed by atoms with Crippen molar-refractivity contribution in [3.63, 3.8) is 0 Å². The Hall–Kier alpha value is -1.47. The van der Waals surface area contributed by atoms with Crippen LogP contribution < -0.4 is 10.9 Å². The van der Waals surface area contributed by atoms with Crippen molar-refractivity contribution < 1.29 is 0 Å². The van der Waals surface area contributed by atoms with Gasteiger partial charge in [0.1, 0.15) is 0 Å². The number of rotatable bonds is 4. The lowest BCUT2D eigenvalue weighted by Gasteiger charge is -2.35. The lowest BCUT2D eigenvalue weighted by molar-refractivity contribution is 0.168. The van der Waals surface area contributed by atoms with Gasteiger partial charge in [-0.2, -0.15) is 4.52 Å². The van der Waals surface area contributed by atoms with Gasteiger partial charge in [0, 0.05) is 37.9 Å². The number of fused-ring (bicyclic) bond motifs is 1. The predicted octanol–water partition coefficient (Wildman–Crippen LogP) is 2.61. The largest absolute Gasteiger partial charge is 0.357 e. The molecular weight excluding hydrogens is 322 g/mol. The van der Waals surface area contributed by atoms with Crippen LogP contribution in [-0.4, -0.2) is 45.2 Å². The highest BCUT2D eigenvalue weighted by Crippen LogP contribution is 2.26. The molecule has 7 heteroatoms. The molecule has 1 N–H and O–H groups in total. The molecule has 1 aliphatic heterocycles. The first-order valence-electron chi connectivity index (χ1n) is 9.12. The van der Waals surface area contributed by atoms with E-state index in [1.807, 2.05) is 0 Å². The van der Waals surface area contributed by atoms with Gasteiger partial charge in [0.2, 0.25) is 10.1 Å². The van der Waals surface area contributed by atoms with Crippen molar-refractivity contribution in [1.82, 2.24) is 19.5 Å². The van der Waals surface area contributed by atoms with Gasteiger partial charge in [0.25, 0.3) is 5.56 Å². The zero-order valence-electron chi connectivity index (χ0n) is 14.0. The Morgan fingerprint density at radius 2 is 1.96 bits per heavy atom. The molecular formula is C17H25N5OS. The summed E-state index contributed by atoms with van der Waals surface area (Å²) in [5.74, 6) is 0.922. The maximum atomic E-state index is 11.7. The van der Waals surface area contributed by atoms with Gasteiger partial charge in [-0.3, -0.25) is 4.79 Å². The van der Waals surface area contributed by atoms with Gasteiger partial charge in [-0.1, -0.05) is 30.6 Å². The topological polar surface area (TPSA) is 62.5 Å². The number of aromatic nitrogens is 3. The molecule has 130 valence electrons. The molecule has 4 rings (SSSR count). The summed E-state index contributed by atoms with van der Waals surface area (Å²) in [7, 11) is 0. The minimum atomic E-state index is -0.119. The minimum absolute atomic E-state index is 0.119. The van der Waals surface area contributed by atoms with E-state index in [1.54, 1.807) is 6.20 Å². The molecule has 0 radical (unpaired) electrons. The van der Waals surface area contributed by atoms with Crippen molar-refractivity contribution in [3.05, 3.63) is 22.6 Å². The van der Waals surface area contributed by atoms with E-state index in [1.165, 1.54) is 60.6 Å². The molecule has 2 aromatic rings. The molecule has 2 fully saturated rings. The maximum Gasteiger partial charge on any atom is 0.275 e. The third kappa shape index (κ3) is 3.62. The molecule has 1 saturated carbocycles. The molecule has 2 aliphatic rings. The summed E-state index contributed by atoms with van der Waals surface area (Å²) >= 11 is 1.45. The predicted molar refractivity (Wildman–Crippen MR) is 96.8 cm³/mol. The smallest absolute Gasteiger partial charge is 0.275 e. The van der Waals surface area contributed by atoms with Gasteiger partial charge >= 0.3 is 0 Å². The van der Waals surface area contributed by atoms with Gasteiger partial charge in [-0.15, -0.1) is 5.10 Å². The molecule has 6 nitrogen and oxygen atoms in total. The summed E-state index contributed by atoms with van der Waals surface area (Å²) in [6.45, 7) is 3.61. The van der Waals surface area contributed by atoms with Crippen molar-refractivity contribution in [3.8, 4) is 0 Å². The number of nitrogens with one attached hydrogen (secondary N) is 1. The van der Waals surface area contributed by atoms with Gasteiger partial charge in [-0.25, -0.2) is 4.98 Å². The van der Waals surface area contributed by atoms with E-state index in [0.717, 1.165) is 37.0 Å². The SMILES string of the molecule is O=c1ccnc2sc(NC3CCN(CC4CCCCC4)CC3)nn12. The fourth-order valence-corrected chi connectivity index (χ4v) is 4.82. The van der Waals surface area contributed by atoms with Crippen LogP contribution in [0.2, 0.25) is 0 Å². The minimum Gasteiger partial charge on any atom is -0.357 e. The van der Waals surface area contributed by atoms with Crippen LogP contribution in [0.5, 0.6) is 0 Å². The standard InChI is InChI=1S/C17H25N5OS/c23-15-6-9-18-17-22(15)20-16(24-17)19-14-7-10-21(11-8-14)12-13-4-2-1-3-5-13/h6,9,13-14H,1-5,7-8,10-12H2,(H,19,20). The highest BCUT2D eigenvalue weighted by atomic mass is 32.1. The van der Waals surface area contributed by atoms with E-state index >= 15 is 0 Å². The zero-order valence-corrected chi connectivity index (χ0v) is 14.8. The Kier molecular flexibility index (Phi) is 4.80. The third-order valence-electron chi connectivity index (χ3n) is 5.33. The van der Waals surface area contributed by atoms with Crippen LogP contribution in [0.25, 0.3) is 4.96 Å². The number of anilines is 1. The normalized spacial score (nSPS) is 21.3. The van der Waals surface area contributed by atoms with Crippen LogP contribution >= 0.6 is 11.3 Å². The second-order valence-corrected chi connectivity index (χ2v) is 8.06. The van der Waals surface area contributed by atoms with Gasteiger partial charge in [0.15, 0.2) is 0 Å². The first kappa shape index (κ1) is 16.0. The van der Waals surface area contributed by atoms with E-state index in [9.17, 15) is 4.79 Å². The van der Waals surface area contributed by atoms with E-state index < -0.39 is 0 Å².